The molecule has 0 amide bonds. The number of rotatable bonds is 10. The Bertz CT molecular complexity index is 373. The molecule has 1 atom stereocenters. The highest BCUT2D eigenvalue weighted by Crippen LogP contribution is 2.17. The second-order valence-electron chi connectivity index (χ2n) is 4.98. The van der Waals surface area contributed by atoms with Crippen LogP contribution in [0.4, 0.5) is 0 Å². The molecule has 0 bridgehead atoms. The minimum absolute atomic E-state index is 0.640. The molecule has 1 aromatic carbocycles. The van der Waals surface area contributed by atoms with Crippen LogP contribution in [0, 0.1) is 0 Å². The molecular formula is C16H28N2OS. The van der Waals surface area contributed by atoms with E-state index in [4.69, 9.17) is 4.74 Å². The second-order valence-corrected chi connectivity index (χ2v) is 5.90. The van der Waals surface area contributed by atoms with Crippen LogP contribution in [0.5, 0.6) is 5.75 Å². The van der Waals surface area contributed by atoms with E-state index in [0.717, 1.165) is 25.4 Å². The summed E-state index contributed by atoms with van der Waals surface area (Å²) in [6.45, 7) is 4.80. The van der Waals surface area contributed by atoms with Crippen molar-refractivity contribution in [1.82, 2.24) is 10.2 Å². The number of benzene rings is 1. The first-order valence-electron chi connectivity index (χ1n) is 7.27. The SMILES string of the molecule is CCC(CSC)N(C)CCOc1ccccc1CNC. The van der Waals surface area contributed by atoms with Crippen LogP contribution >= 0.6 is 11.8 Å². The Balaban J connectivity index is 2.43. The zero-order valence-corrected chi connectivity index (χ0v) is 14.0. The van der Waals surface area contributed by atoms with Crippen molar-refractivity contribution in [3.05, 3.63) is 29.8 Å². The van der Waals surface area contributed by atoms with Crippen LogP contribution in [0.25, 0.3) is 0 Å². The Morgan fingerprint density at radius 3 is 2.75 bits per heavy atom. The maximum absolute atomic E-state index is 5.94. The summed E-state index contributed by atoms with van der Waals surface area (Å²) < 4.78 is 5.94. The molecule has 3 nitrogen and oxygen atoms in total. The molecule has 0 aliphatic heterocycles. The fraction of sp³-hybridized carbons (Fsp3) is 0.625. The number of nitrogens with zero attached hydrogens (tertiary/aromatic N) is 1. The highest BCUT2D eigenvalue weighted by atomic mass is 32.2. The van der Waals surface area contributed by atoms with E-state index in [1.807, 2.05) is 30.9 Å². The van der Waals surface area contributed by atoms with Gasteiger partial charge in [-0.3, -0.25) is 4.90 Å². The van der Waals surface area contributed by atoms with Crippen LogP contribution in [0.1, 0.15) is 18.9 Å². The molecule has 4 heteroatoms. The van der Waals surface area contributed by atoms with Gasteiger partial charge in [-0.1, -0.05) is 25.1 Å². The maximum Gasteiger partial charge on any atom is 0.123 e. The van der Waals surface area contributed by atoms with E-state index in [9.17, 15) is 0 Å². The van der Waals surface area contributed by atoms with Gasteiger partial charge in [0.2, 0.25) is 0 Å². The van der Waals surface area contributed by atoms with Crippen molar-refractivity contribution >= 4 is 11.8 Å². The molecule has 0 heterocycles. The molecule has 0 fully saturated rings. The molecule has 0 aliphatic carbocycles. The van der Waals surface area contributed by atoms with Gasteiger partial charge in [-0.2, -0.15) is 11.8 Å². The number of ether oxygens (including phenoxy) is 1. The molecule has 0 aromatic heterocycles. The van der Waals surface area contributed by atoms with E-state index >= 15 is 0 Å². The van der Waals surface area contributed by atoms with Gasteiger partial charge >= 0.3 is 0 Å². The summed E-state index contributed by atoms with van der Waals surface area (Å²) in [5, 5.41) is 3.17. The maximum atomic E-state index is 5.94. The number of thioether (sulfide) groups is 1. The third-order valence-corrected chi connectivity index (χ3v) is 4.21. The topological polar surface area (TPSA) is 24.5 Å². The predicted molar refractivity (Wildman–Crippen MR) is 89.8 cm³/mol. The van der Waals surface area contributed by atoms with Crippen molar-refractivity contribution in [3.8, 4) is 5.75 Å². The summed E-state index contributed by atoms with van der Waals surface area (Å²) in [5.74, 6) is 2.18. The Labute approximate surface area is 128 Å². The van der Waals surface area contributed by atoms with Crippen LogP contribution in [-0.2, 0) is 6.54 Å². The van der Waals surface area contributed by atoms with Gasteiger partial charge in [0.05, 0.1) is 0 Å². The Kier molecular flexibility index (Phi) is 8.74. The third kappa shape index (κ3) is 5.73. The van der Waals surface area contributed by atoms with E-state index in [0.29, 0.717) is 6.04 Å². The lowest BCUT2D eigenvalue weighted by molar-refractivity contribution is 0.198. The smallest absolute Gasteiger partial charge is 0.123 e. The van der Waals surface area contributed by atoms with Gasteiger partial charge in [0, 0.05) is 30.4 Å². The lowest BCUT2D eigenvalue weighted by Crippen LogP contribution is -2.36. The normalized spacial score (nSPS) is 12.7. The van der Waals surface area contributed by atoms with Crippen LogP contribution in [-0.4, -0.2) is 50.2 Å². The van der Waals surface area contributed by atoms with Crippen molar-refractivity contribution in [2.45, 2.75) is 25.9 Å². The first kappa shape index (κ1) is 17.3. The number of nitrogens with one attached hydrogen (secondary N) is 1. The van der Waals surface area contributed by atoms with Crippen LogP contribution in [0.15, 0.2) is 24.3 Å². The first-order valence-corrected chi connectivity index (χ1v) is 8.66. The van der Waals surface area contributed by atoms with Crippen molar-refractivity contribution in [3.63, 3.8) is 0 Å². The van der Waals surface area contributed by atoms with Gasteiger partial charge in [-0.05, 0) is 32.8 Å². The van der Waals surface area contributed by atoms with Gasteiger partial charge in [0.25, 0.3) is 0 Å². The molecule has 0 saturated heterocycles. The summed E-state index contributed by atoms with van der Waals surface area (Å²) in [6.07, 6.45) is 3.36. The molecule has 0 spiro atoms. The highest BCUT2D eigenvalue weighted by Gasteiger charge is 2.12. The molecule has 1 N–H and O–H groups in total. The van der Waals surface area contributed by atoms with Gasteiger partial charge in [0.1, 0.15) is 12.4 Å². The average Bonchev–Trinajstić information content (AvgIpc) is 2.46. The molecule has 0 radical (unpaired) electrons. The number of hydrogen-bond donors (Lipinski definition) is 1. The van der Waals surface area contributed by atoms with Gasteiger partial charge in [0.15, 0.2) is 0 Å². The van der Waals surface area contributed by atoms with E-state index in [-0.39, 0.29) is 0 Å². The molecule has 1 unspecified atom stereocenters. The number of para-hydroxylation sites is 1. The number of hydrogen-bond acceptors (Lipinski definition) is 4. The standard InChI is InChI=1S/C16H28N2OS/c1-5-15(13-20-4)18(3)10-11-19-16-9-7-6-8-14(16)12-17-2/h6-9,15,17H,5,10-13H2,1-4H3. The second kappa shape index (κ2) is 10.1. The van der Waals surface area contributed by atoms with E-state index in [1.165, 1.54) is 17.7 Å². The monoisotopic (exact) mass is 296 g/mol. The lowest BCUT2D eigenvalue weighted by atomic mass is 10.2. The lowest BCUT2D eigenvalue weighted by Gasteiger charge is -2.26. The molecule has 1 rings (SSSR count). The predicted octanol–water partition coefficient (Wildman–Crippen LogP) is 2.86. The van der Waals surface area contributed by atoms with E-state index in [1.54, 1.807) is 0 Å². The minimum atomic E-state index is 0.640. The zero-order chi connectivity index (χ0) is 14.8. The fourth-order valence-electron chi connectivity index (χ4n) is 2.21. The van der Waals surface area contributed by atoms with Gasteiger partial charge in [-0.25, -0.2) is 0 Å². The fourth-order valence-corrected chi connectivity index (χ4v) is 3.09. The van der Waals surface area contributed by atoms with Crippen LogP contribution < -0.4 is 10.1 Å². The Morgan fingerprint density at radius 2 is 2.10 bits per heavy atom. The largest absolute Gasteiger partial charge is 0.492 e. The quantitative estimate of drug-likeness (QED) is 0.717. The molecule has 20 heavy (non-hydrogen) atoms. The van der Waals surface area contributed by atoms with Crippen molar-refractivity contribution < 1.29 is 4.74 Å². The highest BCUT2D eigenvalue weighted by molar-refractivity contribution is 7.98. The average molecular weight is 296 g/mol. The van der Waals surface area contributed by atoms with Crippen LogP contribution in [0.2, 0.25) is 0 Å². The summed E-state index contributed by atoms with van der Waals surface area (Å²) in [7, 11) is 4.14. The van der Waals surface area contributed by atoms with Gasteiger partial charge in [-0.15, -0.1) is 0 Å². The summed E-state index contributed by atoms with van der Waals surface area (Å²) in [6, 6.07) is 8.88. The third-order valence-electron chi connectivity index (χ3n) is 3.50. The molecule has 0 saturated carbocycles. The van der Waals surface area contributed by atoms with Crippen LogP contribution in [0.3, 0.4) is 0 Å². The van der Waals surface area contributed by atoms with E-state index < -0.39 is 0 Å². The summed E-state index contributed by atoms with van der Waals surface area (Å²) in [4.78, 5) is 2.40. The minimum Gasteiger partial charge on any atom is -0.492 e. The zero-order valence-electron chi connectivity index (χ0n) is 13.2. The van der Waals surface area contributed by atoms with E-state index in [2.05, 4.69) is 42.6 Å². The summed E-state index contributed by atoms with van der Waals surface area (Å²) in [5.41, 5.74) is 1.22. The van der Waals surface area contributed by atoms with Crippen molar-refractivity contribution in [2.24, 2.45) is 0 Å². The van der Waals surface area contributed by atoms with Gasteiger partial charge < -0.3 is 10.1 Å². The van der Waals surface area contributed by atoms with Crippen molar-refractivity contribution in [2.75, 3.05) is 39.3 Å². The molecule has 1 aromatic rings. The molecule has 114 valence electrons. The first-order chi connectivity index (χ1) is 9.72. The summed E-state index contributed by atoms with van der Waals surface area (Å²) >= 11 is 1.91. The molecule has 0 aliphatic rings. The molecular weight excluding hydrogens is 268 g/mol. The Morgan fingerprint density at radius 1 is 1.35 bits per heavy atom. The van der Waals surface area contributed by atoms with Crippen molar-refractivity contribution in [1.29, 1.82) is 0 Å². The number of likely N-dealkylation sites (N-methyl/N-ethyl adjacent to an activating group) is 1. The Hall–Kier alpha value is -0.710.